The zero-order chi connectivity index (χ0) is 27.3. The molecule has 0 fully saturated rings. The summed E-state index contributed by atoms with van der Waals surface area (Å²) in [6, 6.07) is 23.7. The summed E-state index contributed by atoms with van der Waals surface area (Å²) < 4.78 is 27.0. The number of benzene rings is 4. The first kappa shape index (κ1) is 25.0. The third-order valence-corrected chi connectivity index (χ3v) is 9.22. The smallest absolute Gasteiger partial charge is 0.265 e. The van der Waals surface area contributed by atoms with Gasteiger partial charge in [-0.05, 0) is 66.3 Å². The van der Waals surface area contributed by atoms with Crippen LogP contribution in [0, 0.1) is 0 Å². The minimum absolute atomic E-state index is 0.109. The molecule has 8 nitrogen and oxygen atoms in total. The molecule has 1 atom stereocenters. The molecule has 9 heteroatoms. The second kappa shape index (κ2) is 9.44. The Labute approximate surface area is 225 Å². The van der Waals surface area contributed by atoms with Crippen molar-refractivity contribution >= 4 is 49.9 Å². The van der Waals surface area contributed by atoms with Gasteiger partial charge >= 0.3 is 0 Å². The van der Waals surface area contributed by atoms with Crippen LogP contribution in [-0.2, 0) is 27.8 Å². The molecule has 1 N–H and O–H groups in total. The maximum Gasteiger partial charge on any atom is 0.265 e. The summed E-state index contributed by atoms with van der Waals surface area (Å²) in [7, 11) is -3.63. The lowest BCUT2D eigenvalue weighted by molar-refractivity contribution is -0.120. The van der Waals surface area contributed by atoms with Gasteiger partial charge in [-0.2, -0.15) is 4.31 Å². The first-order chi connectivity index (χ1) is 18.8. The molecule has 0 unspecified atom stereocenters. The molecule has 0 aliphatic carbocycles. The number of imide groups is 1. The Bertz CT molecular complexity index is 1710. The molecular formula is C30H25N3O5S. The Morgan fingerprint density at radius 1 is 0.846 bits per heavy atom. The molecule has 0 spiro atoms. The Hall–Kier alpha value is -4.34. The number of nitrogens with one attached hydrogen (secondary N) is 1. The summed E-state index contributed by atoms with van der Waals surface area (Å²) in [5.74, 6) is -1.38. The fourth-order valence-corrected chi connectivity index (χ4v) is 6.59. The number of nitrogens with zero attached hydrogens (tertiary/aromatic N) is 2. The largest absolute Gasteiger partial charge is 0.325 e. The second-order valence-corrected chi connectivity index (χ2v) is 11.8. The van der Waals surface area contributed by atoms with Gasteiger partial charge in [-0.15, -0.1) is 0 Å². The molecule has 2 heterocycles. The number of amides is 3. The van der Waals surface area contributed by atoms with Crippen molar-refractivity contribution in [3.8, 4) is 0 Å². The van der Waals surface area contributed by atoms with Crippen molar-refractivity contribution in [3.05, 3.63) is 107 Å². The van der Waals surface area contributed by atoms with Crippen molar-refractivity contribution in [1.82, 2.24) is 4.31 Å². The SMILES string of the molecule is CCS(=O)(=O)N1Cc2ccccc2C[C@@H]1C(=O)Nc1ccc(N2C(=O)c3cccc4cccc(c34)C2=O)cc1. The molecule has 0 aromatic heterocycles. The van der Waals surface area contributed by atoms with E-state index in [1.165, 1.54) is 4.31 Å². The Kier molecular flexibility index (Phi) is 6.05. The quantitative estimate of drug-likeness (QED) is 0.380. The van der Waals surface area contributed by atoms with E-state index in [2.05, 4.69) is 5.32 Å². The molecule has 6 rings (SSSR count). The fraction of sp³-hybridized carbons (Fsp3) is 0.167. The van der Waals surface area contributed by atoms with Gasteiger partial charge in [0.05, 0.1) is 11.4 Å². The molecule has 3 amide bonds. The van der Waals surface area contributed by atoms with E-state index in [9.17, 15) is 22.8 Å². The highest BCUT2D eigenvalue weighted by molar-refractivity contribution is 7.89. The van der Waals surface area contributed by atoms with Crippen LogP contribution in [0.2, 0.25) is 0 Å². The summed E-state index contributed by atoms with van der Waals surface area (Å²) >= 11 is 0. The van der Waals surface area contributed by atoms with Crippen molar-refractivity contribution in [1.29, 1.82) is 0 Å². The van der Waals surface area contributed by atoms with E-state index in [0.717, 1.165) is 21.4 Å². The highest BCUT2D eigenvalue weighted by atomic mass is 32.2. The van der Waals surface area contributed by atoms with Crippen LogP contribution in [0.1, 0.15) is 38.8 Å². The van der Waals surface area contributed by atoms with Crippen LogP contribution in [0.4, 0.5) is 11.4 Å². The van der Waals surface area contributed by atoms with Crippen molar-refractivity contribution in [2.75, 3.05) is 16.0 Å². The molecule has 0 saturated heterocycles. The van der Waals surface area contributed by atoms with Crippen LogP contribution < -0.4 is 10.2 Å². The highest BCUT2D eigenvalue weighted by Crippen LogP contribution is 2.33. The van der Waals surface area contributed by atoms with Crippen LogP contribution in [0.15, 0.2) is 84.9 Å². The summed E-state index contributed by atoms with van der Waals surface area (Å²) in [6.07, 6.45) is 0.265. The van der Waals surface area contributed by atoms with Crippen LogP contribution in [0.25, 0.3) is 10.8 Å². The lowest BCUT2D eigenvalue weighted by Gasteiger charge is -2.34. The number of sulfonamides is 1. The lowest BCUT2D eigenvalue weighted by Crippen LogP contribution is -2.51. The second-order valence-electron chi connectivity index (χ2n) is 9.63. The number of fused-ring (bicyclic) bond motifs is 1. The average Bonchev–Trinajstić information content (AvgIpc) is 2.96. The van der Waals surface area contributed by atoms with E-state index in [0.29, 0.717) is 27.9 Å². The molecule has 39 heavy (non-hydrogen) atoms. The number of rotatable bonds is 5. The summed E-state index contributed by atoms with van der Waals surface area (Å²) in [5, 5.41) is 4.30. The van der Waals surface area contributed by atoms with Crippen molar-refractivity contribution in [2.45, 2.75) is 25.9 Å². The van der Waals surface area contributed by atoms with Gasteiger partial charge in [0, 0.05) is 28.7 Å². The van der Waals surface area contributed by atoms with Crippen LogP contribution in [0.3, 0.4) is 0 Å². The standard InChI is InChI=1S/C30H25N3O5S/c1-2-39(37,38)32-18-21-8-4-3-7-20(21)17-26(32)28(34)31-22-13-15-23(16-14-22)33-29(35)24-11-5-9-19-10-6-12-25(27(19)24)30(33)36/h3-16,26H,2,17-18H2,1H3,(H,31,34)/t26-/m1/s1. The van der Waals surface area contributed by atoms with E-state index in [1.54, 1.807) is 55.5 Å². The number of hydrogen-bond acceptors (Lipinski definition) is 5. The Balaban J connectivity index is 1.26. The predicted octanol–water partition coefficient (Wildman–Crippen LogP) is 4.36. The monoisotopic (exact) mass is 539 g/mol. The minimum Gasteiger partial charge on any atom is -0.325 e. The third kappa shape index (κ3) is 4.20. The van der Waals surface area contributed by atoms with E-state index in [-0.39, 0.29) is 18.7 Å². The zero-order valence-electron chi connectivity index (χ0n) is 21.1. The normalized spacial score (nSPS) is 17.3. The molecule has 0 bridgehead atoms. The Morgan fingerprint density at radius 3 is 2.08 bits per heavy atom. The van der Waals surface area contributed by atoms with Gasteiger partial charge in [0.2, 0.25) is 15.9 Å². The molecule has 0 saturated carbocycles. The van der Waals surface area contributed by atoms with Gasteiger partial charge < -0.3 is 5.32 Å². The number of carbonyl (C=O) groups excluding carboxylic acids is 3. The lowest BCUT2D eigenvalue weighted by atomic mass is 9.94. The van der Waals surface area contributed by atoms with Gasteiger partial charge in [-0.1, -0.05) is 48.5 Å². The molecule has 196 valence electrons. The number of anilines is 2. The first-order valence-corrected chi connectivity index (χ1v) is 14.3. The van der Waals surface area contributed by atoms with Crippen LogP contribution >= 0.6 is 0 Å². The minimum atomic E-state index is -3.63. The molecular weight excluding hydrogens is 514 g/mol. The first-order valence-electron chi connectivity index (χ1n) is 12.7. The summed E-state index contributed by atoms with van der Waals surface area (Å²) in [6.45, 7) is 1.70. The maximum atomic E-state index is 13.3. The van der Waals surface area contributed by atoms with E-state index in [4.69, 9.17) is 0 Å². The van der Waals surface area contributed by atoms with E-state index < -0.39 is 33.8 Å². The molecule has 2 aliphatic heterocycles. The third-order valence-electron chi connectivity index (χ3n) is 7.39. The molecule has 0 radical (unpaired) electrons. The predicted molar refractivity (Wildman–Crippen MR) is 149 cm³/mol. The van der Waals surface area contributed by atoms with Crippen molar-refractivity contribution < 1.29 is 22.8 Å². The van der Waals surface area contributed by atoms with Crippen molar-refractivity contribution in [2.24, 2.45) is 0 Å². The Morgan fingerprint density at radius 2 is 1.46 bits per heavy atom. The molecule has 4 aromatic rings. The summed E-state index contributed by atoms with van der Waals surface area (Å²) in [5.41, 5.74) is 3.53. The van der Waals surface area contributed by atoms with Crippen LogP contribution in [0.5, 0.6) is 0 Å². The molecule has 4 aromatic carbocycles. The van der Waals surface area contributed by atoms with Gasteiger partial charge in [0.1, 0.15) is 6.04 Å². The average molecular weight is 540 g/mol. The molecule has 2 aliphatic rings. The number of hydrogen-bond donors (Lipinski definition) is 1. The van der Waals surface area contributed by atoms with E-state index in [1.807, 2.05) is 36.4 Å². The number of carbonyl (C=O) groups is 3. The highest BCUT2D eigenvalue weighted by Gasteiger charge is 2.38. The van der Waals surface area contributed by atoms with Gasteiger partial charge in [0.15, 0.2) is 0 Å². The van der Waals surface area contributed by atoms with Crippen LogP contribution in [-0.4, -0.2) is 42.2 Å². The van der Waals surface area contributed by atoms with Gasteiger partial charge in [0.25, 0.3) is 11.8 Å². The topological polar surface area (TPSA) is 104 Å². The van der Waals surface area contributed by atoms with Crippen molar-refractivity contribution in [3.63, 3.8) is 0 Å². The van der Waals surface area contributed by atoms with Gasteiger partial charge in [-0.25, -0.2) is 13.3 Å². The van der Waals surface area contributed by atoms with Gasteiger partial charge in [-0.3, -0.25) is 14.4 Å². The zero-order valence-corrected chi connectivity index (χ0v) is 21.9. The maximum absolute atomic E-state index is 13.3. The van der Waals surface area contributed by atoms with E-state index >= 15 is 0 Å². The fourth-order valence-electron chi connectivity index (χ4n) is 5.37. The summed E-state index contributed by atoms with van der Waals surface area (Å²) in [4.78, 5) is 41.1.